The standard InChI is InChI=1S/C18H19F3N2O3S/c1-13-6-8-14(9-7-13)11-23(27(2,25)26)12-17(24)22-16-5-3-4-15(10-16)18(19,20)21/h3-10H,11-12H2,1-2H3,(H,22,24). The maximum Gasteiger partial charge on any atom is 0.416 e. The average molecular weight is 400 g/mol. The number of sulfonamides is 1. The maximum absolute atomic E-state index is 12.7. The minimum absolute atomic E-state index is 0.0187. The van der Waals surface area contributed by atoms with Crippen LogP contribution in [0.15, 0.2) is 48.5 Å². The Hall–Kier alpha value is -2.39. The summed E-state index contributed by atoms with van der Waals surface area (Å²) in [4.78, 5) is 12.2. The van der Waals surface area contributed by atoms with Gasteiger partial charge in [-0.25, -0.2) is 8.42 Å². The summed E-state index contributed by atoms with van der Waals surface area (Å²) in [5.74, 6) is -0.730. The van der Waals surface area contributed by atoms with Gasteiger partial charge in [0.15, 0.2) is 0 Å². The zero-order valence-electron chi connectivity index (χ0n) is 14.7. The molecule has 2 aromatic rings. The molecule has 27 heavy (non-hydrogen) atoms. The predicted octanol–water partition coefficient (Wildman–Crippen LogP) is 3.41. The molecular formula is C18H19F3N2O3S. The normalized spacial score (nSPS) is 12.2. The van der Waals surface area contributed by atoms with Crippen molar-refractivity contribution in [2.45, 2.75) is 19.6 Å². The summed E-state index contributed by atoms with van der Waals surface area (Å²) < 4.78 is 63.1. The zero-order chi connectivity index (χ0) is 20.2. The van der Waals surface area contributed by atoms with Crippen LogP contribution in [0.5, 0.6) is 0 Å². The van der Waals surface area contributed by atoms with E-state index in [1.165, 1.54) is 12.1 Å². The quantitative estimate of drug-likeness (QED) is 0.808. The molecule has 0 saturated carbocycles. The van der Waals surface area contributed by atoms with E-state index in [2.05, 4.69) is 5.32 Å². The first-order valence-electron chi connectivity index (χ1n) is 7.93. The number of aryl methyl sites for hydroxylation is 1. The molecule has 0 unspecified atom stereocenters. The van der Waals surface area contributed by atoms with Gasteiger partial charge in [-0.1, -0.05) is 35.9 Å². The lowest BCUT2D eigenvalue weighted by molar-refractivity contribution is -0.137. The number of hydrogen-bond acceptors (Lipinski definition) is 3. The van der Waals surface area contributed by atoms with Gasteiger partial charge < -0.3 is 5.32 Å². The van der Waals surface area contributed by atoms with Crippen LogP contribution in [0.1, 0.15) is 16.7 Å². The summed E-state index contributed by atoms with van der Waals surface area (Å²) in [5, 5.41) is 2.31. The van der Waals surface area contributed by atoms with Gasteiger partial charge in [-0.05, 0) is 30.7 Å². The Bertz CT molecular complexity index is 910. The van der Waals surface area contributed by atoms with E-state index in [1.54, 1.807) is 12.1 Å². The Balaban J connectivity index is 2.11. The van der Waals surface area contributed by atoms with E-state index in [1.807, 2.05) is 19.1 Å². The maximum atomic E-state index is 12.7. The van der Waals surface area contributed by atoms with Gasteiger partial charge in [0.25, 0.3) is 0 Å². The Labute approximate surface area is 155 Å². The van der Waals surface area contributed by atoms with Crippen LogP contribution in [-0.2, 0) is 27.5 Å². The Kier molecular flexibility index (Phi) is 6.27. The smallest absolute Gasteiger partial charge is 0.325 e. The molecule has 1 N–H and O–H groups in total. The minimum atomic E-state index is -4.54. The van der Waals surface area contributed by atoms with E-state index < -0.39 is 34.2 Å². The molecule has 9 heteroatoms. The molecule has 0 heterocycles. The number of carbonyl (C=O) groups is 1. The number of benzene rings is 2. The second-order valence-electron chi connectivity index (χ2n) is 6.14. The first-order valence-corrected chi connectivity index (χ1v) is 9.78. The van der Waals surface area contributed by atoms with E-state index in [4.69, 9.17) is 0 Å². The number of alkyl halides is 3. The number of anilines is 1. The zero-order valence-corrected chi connectivity index (χ0v) is 15.6. The molecule has 0 saturated heterocycles. The third-order valence-corrected chi connectivity index (χ3v) is 4.94. The lowest BCUT2D eigenvalue weighted by Crippen LogP contribution is -2.36. The van der Waals surface area contributed by atoms with Crippen LogP contribution in [-0.4, -0.2) is 31.4 Å². The fraction of sp³-hybridized carbons (Fsp3) is 0.278. The predicted molar refractivity (Wildman–Crippen MR) is 96.5 cm³/mol. The first-order chi connectivity index (χ1) is 12.4. The summed E-state index contributed by atoms with van der Waals surface area (Å²) in [6.45, 7) is 1.36. The molecule has 0 aliphatic carbocycles. The molecule has 146 valence electrons. The van der Waals surface area contributed by atoms with Crippen LogP contribution in [0.25, 0.3) is 0 Å². The van der Waals surface area contributed by atoms with Gasteiger partial charge in [-0.3, -0.25) is 4.79 Å². The molecule has 0 spiro atoms. The number of rotatable bonds is 6. The highest BCUT2D eigenvalue weighted by molar-refractivity contribution is 7.88. The van der Waals surface area contributed by atoms with Gasteiger partial charge in [0, 0.05) is 12.2 Å². The van der Waals surface area contributed by atoms with Gasteiger partial charge >= 0.3 is 6.18 Å². The molecule has 2 rings (SSSR count). The highest BCUT2D eigenvalue weighted by atomic mass is 32.2. The van der Waals surface area contributed by atoms with Crippen LogP contribution in [0.3, 0.4) is 0 Å². The average Bonchev–Trinajstić information content (AvgIpc) is 2.55. The molecule has 0 bridgehead atoms. The van der Waals surface area contributed by atoms with Gasteiger partial charge in [-0.2, -0.15) is 17.5 Å². The largest absolute Gasteiger partial charge is 0.416 e. The van der Waals surface area contributed by atoms with Crippen molar-refractivity contribution in [3.8, 4) is 0 Å². The summed E-state index contributed by atoms with van der Waals surface area (Å²) >= 11 is 0. The van der Waals surface area contributed by atoms with Crippen LogP contribution < -0.4 is 5.32 Å². The molecule has 0 radical (unpaired) electrons. The van der Waals surface area contributed by atoms with E-state index >= 15 is 0 Å². The highest BCUT2D eigenvalue weighted by Crippen LogP contribution is 2.30. The highest BCUT2D eigenvalue weighted by Gasteiger charge is 2.30. The van der Waals surface area contributed by atoms with Crippen molar-refractivity contribution in [1.82, 2.24) is 4.31 Å². The second kappa shape index (κ2) is 8.10. The Morgan fingerprint density at radius 2 is 1.74 bits per heavy atom. The molecule has 0 aliphatic heterocycles. The van der Waals surface area contributed by atoms with E-state index in [9.17, 15) is 26.4 Å². The van der Waals surface area contributed by atoms with Crippen molar-refractivity contribution >= 4 is 21.6 Å². The van der Waals surface area contributed by atoms with Gasteiger partial charge in [0.2, 0.25) is 15.9 Å². The molecule has 0 aromatic heterocycles. The van der Waals surface area contributed by atoms with Crippen LogP contribution >= 0.6 is 0 Å². The molecule has 0 fully saturated rings. The monoisotopic (exact) mass is 400 g/mol. The number of nitrogens with one attached hydrogen (secondary N) is 1. The van der Waals surface area contributed by atoms with Crippen molar-refractivity contribution in [2.24, 2.45) is 0 Å². The fourth-order valence-corrected chi connectivity index (χ4v) is 3.06. The molecule has 0 atom stereocenters. The Morgan fingerprint density at radius 1 is 1.11 bits per heavy atom. The third kappa shape index (κ3) is 6.37. The summed E-state index contributed by atoms with van der Waals surface area (Å²) in [5.41, 5.74) is 0.739. The lowest BCUT2D eigenvalue weighted by Gasteiger charge is -2.20. The van der Waals surface area contributed by atoms with E-state index in [0.29, 0.717) is 5.56 Å². The summed E-state index contributed by atoms with van der Waals surface area (Å²) in [6, 6.07) is 11.3. The molecular weight excluding hydrogens is 381 g/mol. The third-order valence-electron chi connectivity index (χ3n) is 3.74. The van der Waals surface area contributed by atoms with E-state index in [0.717, 1.165) is 28.3 Å². The van der Waals surface area contributed by atoms with Crippen LogP contribution in [0.2, 0.25) is 0 Å². The molecule has 5 nitrogen and oxygen atoms in total. The van der Waals surface area contributed by atoms with Crippen molar-refractivity contribution in [3.63, 3.8) is 0 Å². The van der Waals surface area contributed by atoms with Crippen molar-refractivity contribution in [1.29, 1.82) is 0 Å². The second-order valence-corrected chi connectivity index (χ2v) is 8.13. The fourth-order valence-electron chi connectivity index (χ4n) is 2.32. The SMILES string of the molecule is Cc1ccc(CN(CC(=O)Nc2cccc(C(F)(F)F)c2)S(C)(=O)=O)cc1. The number of halogens is 3. The van der Waals surface area contributed by atoms with Crippen LogP contribution in [0.4, 0.5) is 18.9 Å². The van der Waals surface area contributed by atoms with Crippen LogP contribution in [0, 0.1) is 6.92 Å². The van der Waals surface area contributed by atoms with Crippen molar-refractivity contribution < 1.29 is 26.4 Å². The van der Waals surface area contributed by atoms with Gasteiger partial charge in [0.05, 0.1) is 18.4 Å². The molecule has 2 aromatic carbocycles. The number of carbonyl (C=O) groups excluding carboxylic acids is 1. The molecule has 1 amide bonds. The minimum Gasteiger partial charge on any atom is -0.325 e. The van der Waals surface area contributed by atoms with Crippen molar-refractivity contribution in [2.75, 3.05) is 18.1 Å². The van der Waals surface area contributed by atoms with Gasteiger partial charge in [-0.15, -0.1) is 0 Å². The molecule has 0 aliphatic rings. The van der Waals surface area contributed by atoms with E-state index in [-0.39, 0.29) is 12.2 Å². The first kappa shape index (κ1) is 20.9. The topological polar surface area (TPSA) is 66.5 Å². The Morgan fingerprint density at radius 3 is 2.30 bits per heavy atom. The number of amides is 1. The van der Waals surface area contributed by atoms with Gasteiger partial charge in [0.1, 0.15) is 0 Å². The van der Waals surface area contributed by atoms with Crippen molar-refractivity contribution in [3.05, 3.63) is 65.2 Å². The number of nitrogens with zero attached hydrogens (tertiary/aromatic N) is 1. The lowest BCUT2D eigenvalue weighted by atomic mass is 10.1. The number of hydrogen-bond donors (Lipinski definition) is 1. The summed E-state index contributed by atoms with van der Waals surface area (Å²) in [7, 11) is -3.70. The summed E-state index contributed by atoms with van der Waals surface area (Å²) in [6.07, 6.45) is -3.57.